The summed E-state index contributed by atoms with van der Waals surface area (Å²) in [7, 11) is 0. The van der Waals surface area contributed by atoms with Gasteiger partial charge in [0, 0.05) is 10.0 Å². The van der Waals surface area contributed by atoms with E-state index in [0.29, 0.717) is 5.56 Å². The summed E-state index contributed by atoms with van der Waals surface area (Å²) >= 11 is 3.27. The van der Waals surface area contributed by atoms with Gasteiger partial charge in [0.2, 0.25) is 0 Å². The van der Waals surface area contributed by atoms with E-state index < -0.39 is 5.54 Å². The van der Waals surface area contributed by atoms with Crippen LogP contribution in [0.4, 0.5) is 0 Å². The molecule has 15 heavy (non-hydrogen) atoms. The number of halogens is 1. The van der Waals surface area contributed by atoms with E-state index in [9.17, 15) is 4.79 Å². The second kappa shape index (κ2) is 4.45. The van der Waals surface area contributed by atoms with Crippen molar-refractivity contribution in [2.75, 3.05) is 0 Å². The molecule has 1 rings (SSSR count). The van der Waals surface area contributed by atoms with Crippen LogP contribution < -0.4 is 5.32 Å². The summed E-state index contributed by atoms with van der Waals surface area (Å²) in [5.74, 6) is -0.304. The van der Waals surface area contributed by atoms with Crippen LogP contribution in [0.15, 0.2) is 28.7 Å². The summed E-state index contributed by atoms with van der Waals surface area (Å²) in [5.41, 5.74) is -0.590. The van der Waals surface area contributed by atoms with E-state index in [1.54, 1.807) is 31.2 Å². The first-order chi connectivity index (χ1) is 6.94. The zero-order valence-electron chi connectivity index (χ0n) is 8.25. The Balaban J connectivity index is 2.79. The number of benzene rings is 1. The Morgan fingerprint density at radius 1 is 1.53 bits per heavy atom. The number of nitrogens with one attached hydrogen (secondary N) is 1. The minimum absolute atomic E-state index is 0.304. The standard InChI is InChI=1S/C11H10BrN2O/c1-11(2,7-13)14-10(15)8-3-5-9(12)6-4-8/h3-6H,1H2,2H3,(H,14,15). The Hall–Kier alpha value is -1.34. The maximum atomic E-state index is 11.6. The van der Waals surface area contributed by atoms with Gasteiger partial charge >= 0.3 is 0 Å². The van der Waals surface area contributed by atoms with E-state index in [0.717, 1.165) is 4.47 Å². The van der Waals surface area contributed by atoms with E-state index in [1.165, 1.54) is 0 Å². The lowest BCUT2D eigenvalue weighted by Gasteiger charge is -2.17. The van der Waals surface area contributed by atoms with Crippen molar-refractivity contribution in [1.82, 2.24) is 5.32 Å². The molecule has 0 saturated heterocycles. The molecule has 1 atom stereocenters. The molecule has 0 fully saturated rings. The number of nitrogens with zero attached hydrogens (tertiary/aromatic N) is 1. The van der Waals surface area contributed by atoms with E-state index in [4.69, 9.17) is 5.26 Å². The Morgan fingerprint density at radius 2 is 2.07 bits per heavy atom. The van der Waals surface area contributed by atoms with Crippen molar-refractivity contribution in [3.63, 3.8) is 0 Å². The van der Waals surface area contributed by atoms with Crippen LogP contribution in [0.5, 0.6) is 0 Å². The maximum absolute atomic E-state index is 11.6. The number of amides is 1. The van der Waals surface area contributed by atoms with Crippen molar-refractivity contribution < 1.29 is 4.79 Å². The van der Waals surface area contributed by atoms with E-state index in [1.807, 2.05) is 6.07 Å². The van der Waals surface area contributed by atoms with Gasteiger partial charge in [-0.2, -0.15) is 5.26 Å². The fraction of sp³-hybridized carbons (Fsp3) is 0.182. The van der Waals surface area contributed by atoms with Crippen molar-refractivity contribution in [3.05, 3.63) is 41.2 Å². The summed E-state index contributed by atoms with van der Waals surface area (Å²) < 4.78 is 0.900. The van der Waals surface area contributed by atoms with Gasteiger partial charge < -0.3 is 5.32 Å². The molecule has 1 aromatic carbocycles. The first-order valence-corrected chi connectivity index (χ1v) is 5.08. The van der Waals surface area contributed by atoms with Crippen molar-refractivity contribution in [2.45, 2.75) is 12.5 Å². The first-order valence-electron chi connectivity index (χ1n) is 4.29. The number of hydrogen-bond donors (Lipinski definition) is 1. The van der Waals surface area contributed by atoms with E-state index in [-0.39, 0.29) is 5.91 Å². The third kappa shape index (κ3) is 3.37. The third-order valence-electron chi connectivity index (χ3n) is 1.74. The summed E-state index contributed by atoms with van der Waals surface area (Å²) in [6.07, 6.45) is 0. The number of nitriles is 1. The minimum Gasteiger partial charge on any atom is -0.334 e. The molecule has 0 heterocycles. The normalized spacial score (nSPS) is 10.5. The van der Waals surface area contributed by atoms with Crippen molar-refractivity contribution in [3.8, 4) is 6.07 Å². The lowest BCUT2D eigenvalue weighted by molar-refractivity contribution is 0.0935. The molecule has 4 heteroatoms. The molecule has 77 valence electrons. The van der Waals surface area contributed by atoms with Gasteiger partial charge in [0.1, 0.15) is 5.54 Å². The van der Waals surface area contributed by atoms with E-state index in [2.05, 4.69) is 28.2 Å². The molecule has 0 aromatic heterocycles. The molecule has 0 aliphatic rings. The summed E-state index contributed by atoms with van der Waals surface area (Å²) in [4.78, 5) is 11.6. The second-order valence-corrected chi connectivity index (χ2v) is 4.32. The van der Waals surface area contributed by atoms with Crippen LogP contribution in [0.1, 0.15) is 17.3 Å². The largest absolute Gasteiger partial charge is 0.334 e. The molecule has 0 spiro atoms. The highest BCUT2D eigenvalue weighted by molar-refractivity contribution is 9.10. The molecule has 0 aliphatic carbocycles. The summed E-state index contributed by atoms with van der Waals surface area (Å²) in [6.45, 7) is 5.11. The average molecular weight is 266 g/mol. The molecule has 0 aliphatic heterocycles. The minimum atomic E-state index is -1.09. The van der Waals surface area contributed by atoms with Crippen LogP contribution in [0.3, 0.4) is 0 Å². The monoisotopic (exact) mass is 265 g/mol. The highest BCUT2D eigenvalue weighted by Gasteiger charge is 2.20. The lowest BCUT2D eigenvalue weighted by atomic mass is 10.1. The van der Waals surface area contributed by atoms with E-state index >= 15 is 0 Å². The maximum Gasteiger partial charge on any atom is 0.252 e. The zero-order valence-corrected chi connectivity index (χ0v) is 9.84. The van der Waals surface area contributed by atoms with Gasteiger partial charge in [-0.1, -0.05) is 15.9 Å². The van der Waals surface area contributed by atoms with Gasteiger partial charge in [-0.3, -0.25) is 4.79 Å². The van der Waals surface area contributed by atoms with Crippen LogP contribution in [0.2, 0.25) is 0 Å². The molecular formula is C11H10BrN2O. The van der Waals surface area contributed by atoms with Gasteiger partial charge in [-0.25, -0.2) is 0 Å². The van der Waals surface area contributed by atoms with Crippen LogP contribution in [-0.2, 0) is 0 Å². The summed E-state index contributed by atoms with van der Waals surface area (Å²) in [5, 5.41) is 11.2. The van der Waals surface area contributed by atoms with Crippen molar-refractivity contribution in [2.24, 2.45) is 0 Å². The third-order valence-corrected chi connectivity index (χ3v) is 2.27. The Labute approximate surface area is 97.2 Å². The quantitative estimate of drug-likeness (QED) is 0.892. The molecule has 1 amide bonds. The van der Waals surface area contributed by atoms with Crippen LogP contribution in [-0.4, -0.2) is 11.4 Å². The topological polar surface area (TPSA) is 52.9 Å². The predicted octanol–water partition coefficient (Wildman–Crippen LogP) is 2.30. The first kappa shape index (κ1) is 11.7. The molecule has 1 aromatic rings. The fourth-order valence-electron chi connectivity index (χ4n) is 0.952. The number of carbonyl (C=O) groups excluding carboxylic acids is 1. The number of hydrogen-bond acceptors (Lipinski definition) is 2. The lowest BCUT2D eigenvalue weighted by Crippen LogP contribution is -2.42. The fourth-order valence-corrected chi connectivity index (χ4v) is 1.22. The molecule has 3 nitrogen and oxygen atoms in total. The average Bonchev–Trinajstić information content (AvgIpc) is 2.18. The van der Waals surface area contributed by atoms with Gasteiger partial charge in [0.05, 0.1) is 6.07 Å². The Morgan fingerprint density at radius 3 is 2.53 bits per heavy atom. The smallest absolute Gasteiger partial charge is 0.252 e. The van der Waals surface area contributed by atoms with Crippen LogP contribution in [0, 0.1) is 18.3 Å². The zero-order chi connectivity index (χ0) is 11.5. The SMILES string of the molecule is [CH2]C(C)(C#N)NC(=O)c1ccc(Br)cc1. The Bertz CT molecular complexity index is 404. The Kier molecular flexibility index (Phi) is 3.48. The highest BCUT2D eigenvalue weighted by Crippen LogP contribution is 2.11. The van der Waals surface area contributed by atoms with Gasteiger partial charge in [0.15, 0.2) is 0 Å². The number of rotatable bonds is 2. The highest BCUT2D eigenvalue weighted by atomic mass is 79.9. The van der Waals surface area contributed by atoms with Gasteiger partial charge in [-0.05, 0) is 38.1 Å². The predicted molar refractivity (Wildman–Crippen MR) is 61.0 cm³/mol. The molecule has 1 unspecified atom stereocenters. The molecule has 0 bridgehead atoms. The van der Waals surface area contributed by atoms with Crippen molar-refractivity contribution in [1.29, 1.82) is 5.26 Å². The summed E-state index contributed by atoms with van der Waals surface area (Å²) in [6, 6.07) is 8.78. The van der Waals surface area contributed by atoms with Crippen molar-refractivity contribution >= 4 is 21.8 Å². The van der Waals surface area contributed by atoms with Crippen LogP contribution in [0.25, 0.3) is 0 Å². The molecule has 1 radical (unpaired) electrons. The van der Waals surface area contributed by atoms with Gasteiger partial charge in [-0.15, -0.1) is 0 Å². The molecule has 1 N–H and O–H groups in total. The van der Waals surface area contributed by atoms with Gasteiger partial charge in [0.25, 0.3) is 5.91 Å². The second-order valence-electron chi connectivity index (χ2n) is 3.40. The molecule has 0 saturated carbocycles. The molecular weight excluding hydrogens is 256 g/mol. The number of carbonyl (C=O) groups is 1. The van der Waals surface area contributed by atoms with Crippen LogP contribution >= 0.6 is 15.9 Å².